The molecule has 1 heterocycles. The first-order chi connectivity index (χ1) is 16.2. The minimum absolute atomic E-state index is 0.422. The average Bonchev–Trinajstić information content (AvgIpc) is 2.87. The quantitative estimate of drug-likeness (QED) is 0.468. The van der Waals surface area contributed by atoms with Crippen LogP contribution in [0.15, 0.2) is 59.6 Å². The van der Waals surface area contributed by atoms with E-state index in [2.05, 4.69) is 0 Å². The van der Waals surface area contributed by atoms with Crippen LogP contribution in [0.1, 0.15) is 22.3 Å². The summed E-state index contributed by atoms with van der Waals surface area (Å²) in [6, 6.07) is 18.0. The molecule has 4 rings (SSSR count). The Hall–Kier alpha value is -3.67. The van der Waals surface area contributed by atoms with Crippen LogP contribution in [0.25, 0.3) is 0 Å². The Morgan fingerprint density at radius 3 is 2.18 bits per heavy atom. The fourth-order valence-electron chi connectivity index (χ4n) is 4.09. The Kier molecular flexibility index (Phi) is 7.03. The summed E-state index contributed by atoms with van der Waals surface area (Å²) in [7, 11) is 6.55. The number of benzene rings is 3. The predicted octanol–water partition coefficient (Wildman–Crippen LogP) is 4.89. The van der Waals surface area contributed by atoms with Crippen LogP contribution < -0.4 is 23.7 Å². The monoisotopic (exact) mass is 447 g/mol. The van der Waals surface area contributed by atoms with Crippen molar-refractivity contribution in [2.45, 2.75) is 19.4 Å². The summed E-state index contributed by atoms with van der Waals surface area (Å²) in [4.78, 5) is 4.85. The molecule has 1 aliphatic rings. The molecule has 0 aliphatic carbocycles. The predicted molar refractivity (Wildman–Crippen MR) is 129 cm³/mol. The van der Waals surface area contributed by atoms with E-state index in [1.165, 1.54) is 5.56 Å². The standard InChI is InChI=1S/C27H29NO5/c1-29-23-11-10-20(26(27(23)32-4)33-17-18-8-6-5-7-9-18)14-22-21-16-25(31-3)24(30-2)15-19(21)12-13-28-22/h5-11,15-16H,12-14,17H2,1-4H3. The van der Waals surface area contributed by atoms with Crippen LogP contribution in [-0.4, -0.2) is 40.7 Å². The third-order valence-electron chi connectivity index (χ3n) is 5.77. The second-order valence-electron chi connectivity index (χ2n) is 7.68. The number of fused-ring (bicyclic) bond motifs is 1. The van der Waals surface area contributed by atoms with E-state index in [0.29, 0.717) is 36.0 Å². The number of aliphatic imine (C=N–C) groups is 1. The minimum atomic E-state index is 0.422. The Balaban J connectivity index is 1.70. The van der Waals surface area contributed by atoms with Crippen LogP contribution in [0.5, 0.6) is 28.7 Å². The van der Waals surface area contributed by atoms with Gasteiger partial charge in [-0.15, -0.1) is 0 Å². The van der Waals surface area contributed by atoms with E-state index in [1.807, 2.05) is 54.6 Å². The summed E-state index contributed by atoms with van der Waals surface area (Å²) >= 11 is 0. The maximum atomic E-state index is 6.29. The maximum absolute atomic E-state index is 6.29. The first-order valence-corrected chi connectivity index (χ1v) is 10.9. The number of hydrogen-bond acceptors (Lipinski definition) is 6. The largest absolute Gasteiger partial charge is 0.493 e. The van der Waals surface area contributed by atoms with Gasteiger partial charge in [0, 0.05) is 29.8 Å². The second-order valence-corrected chi connectivity index (χ2v) is 7.68. The van der Waals surface area contributed by atoms with E-state index >= 15 is 0 Å². The summed E-state index contributed by atoms with van der Waals surface area (Å²) < 4.78 is 28.5. The van der Waals surface area contributed by atoms with E-state index in [-0.39, 0.29) is 0 Å². The molecular formula is C27H29NO5. The highest BCUT2D eigenvalue weighted by molar-refractivity contribution is 6.04. The van der Waals surface area contributed by atoms with Crippen LogP contribution in [0, 0.1) is 0 Å². The Bertz CT molecular complexity index is 1140. The Labute approximate surface area is 194 Å². The van der Waals surface area contributed by atoms with Gasteiger partial charge in [-0.2, -0.15) is 0 Å². The first kappa shape index (κ1) is 22.5. The molecule has 0 N–H and O–H groups in total. The SMILES string of the molecule is COc1cc2c(cc1OC)C(Cc1ccc(OC)c(OC)c1OCc1ccccc1)=NCC2. The van der Waals surface area contributed by atoms with Gasteiger partial charge in [-0.1, -0.05) is 36.4 Å². The third kappa shape index (κ3) is 4.75. The average molecular weight is 448 g/mol. The van der Waals surface area contributed by atoms with Gasteiger partial charge >= 0.3 is 0 Å². The lowest BCUT2D eigenvalue weighted by Gasteiger charge is -2.22. The minimum Gasteiger partial charge on any atom is -0.493 e. The van der Waals surface area contributed by atoms with Crippen molar-refractivity contribution in [2.75, 3.05) is 35.0 Å². The van der Waals surface area contributed by atoms with Crippen molar-refractivity contribution in [3.05, 3.63) is 76.9 Å². The van der Waals surface area contributed by atoms with Crippen LogP contribution in [0.2, 0.25) is 0 Å². The molecule has 0 spiro atoms. The van der Waals surface area contributed by atoms with Crippen molar-refractivity contribution in [3.63, 3.8) is 0 Å². The molecule has 0 fully saturated rings. The van der Waals surface area contributed by atoms with Crippen LogP contribution >= 0.6 is 0 Å². The van der Waals surface area contributed by atoms with Gasteiger partial charge < -0.3 is 23.7 Å². The van der Waals surface area contributed by atoms with Crippen LogP contribution in [0.3, 0.4) is 0 Å². The van der Waals surface area contributed by atoms with Crippen molar-refractivity contribution >= 4 is 5.71 Å². The maximum Gasteiger partial charge on any atom is 0.203 e. The van der Waals surface area contributed by atoms with Gasteiger partial charge in [0.15, 0.2) is 23.0 Å². The van der Waals surface area contributed by atoms with Gasteiger partial charge in [0.05, 0.1) is 28.4 Å². The van der Waals surface area contributed by atoms with Crippen molar-refractivity contribution < 1.29 is 23.7 Å². The molecule has 0 radical (unpaired) electrons. The van der Waals surface area contributed by atoms with E-state index in [9.17, 15) is 0 Å². The van der Waals surface area contributed by atoms with E-state index in [4.69, 9.17) is 28.7 Å². The highest BCUT2D eigenvalue weighted by Crippen LogP contribution is 2.41. The van der Waals surface area contributed by atoms with Crippen molar-refractivity contribution in [2.24, 2.45) is 4.99 Å². The third-order valence-corrected chi connectivity index (χ3v) is 5.77. The van der Waals surface area contributed by atoms with E-state index in [1.54, 1.807) is 28.4 Å². The summed E-state index contributed by atoms with van der Waals surface area (Å²) in [6.45, 7) is 1.15. The van der Waals surface area contributed by atoms with E-state index < -0.39 is 0 Å². The smallest absolute Gasteiger partial charge is 0.203 e. The molecular weight excluding hydrogens is 418 g/mol. The van der Waals surface area contributed by atoms with Crippen molar-refractivity contribution in [1.82, 2.24) is 0 Å². The molecule has 0 saturated carbocycles. The number of rotatable bonds is 9. The molecule has 6 nitrogen and oxygen atoms in total. The zero-order valence-corrected chi connectivity index (χ0v) is 19.5. The molecule has 0 bridgehead atoms. The van der Waals surface area contributed by atoms with Crippen LogP contribution in [-0.2, 0) is 19.4 Å². The summed E-state index contributed by atoms with van der Waals surface area (Å²) in [5, 5.41) is 0. The number of methoxy groups -OCH3 is 4. The Morgan fingerprint density at radius 1 is 0.758 bits per heavy atom. The van der Waals surface area contributed by atoms with E-state index in [0.717, 1.165) is 41.1 Å². The molecule has 1 aliphatic heterocycles. The van der Waals surface area contributed by atoms with Gasteiger partial charge in [-0.05, 0) is 35.7 Å². The zero-order chi connectivity index (χ0) is 23.2. The lowest BCUT2D eigenvalue weighted by Crippen LogP contribution is -2.16. The normalized spacial score (nSPS) is 12.4. The highest BCUT2D eigenvalue weighted by atomic mass is 16.5. The summed E-state index contributed by atoms with van der Waals surface area (Å²) in [5.41, 5.74) is 5.30. The Morgan fingerprint density at radius 2 is 1.48 bits per heavy atom. The summed E-state index contributed by atoms with van der Waals surface area (Å²) in [5.74, 6) is 3.29. The fourth-order valence-corrected chi connectivity index (χ4v) is 4.09. The zero-order valence-electron chi connectivity index (χ0n) is 19.5. The number of hydrogen-bond donors (Lipinski definition) is 0. The van der Waals surface area contributed by atoms with Gasteiger partial charge in [0.1, 0.15) is 6.61 Å². The molecule has 3 aromatic rings. The summed E-state index contributed by atoms with van der Waals surface area (Å²) in [6.07, 6.45) is 1.45. The second kappa shape index (κ2) is 10.3. The molecule has 0 aromatic heterocycles. The molecule has 6 heteroatoms. The fraction of sp³-hybridized carbons (Fsp3) is 0.296. The lowest BCUT2D eigenvalue weighted by molar-refractivity contribution is 0.273. The molecule has 33 heavy (non-hydrogen) atoms. The van der Waals surface area contributed by atoms with Gasteiger partial charge in [-0.3, -0.25) is 4.99 Å². The molecule has 0 amide bonds. The molecule has 0 unspecified atom stereocenters. The highest BCUT2D eigenvalue weighted by Gasteiger charge is 2.23. The first-order valence-electron chi connectivity index (χ1n) is 10.9. The number of nitrogens with zero attached hydrogens (tertiary/aromatic N) is 1. The molecule has 0 saturated heterocycles. The van der Waals surface area contributed by atoms with Gasteiger partial charge in [0.2, 0.25) is 5.75 Å². The van der Waals surface area contributed by atoms with Gasteiger partial charge in [-0.25, -0.2) is 0 Å². The lowest BCUT2D eigenvalue weighted by atomic mass is 9.92. The van der Waals surface area contributed by atoms with Crippen molar-refractivity contribution in [3.8, 4) is 28.7 Å². The number of ether oxygens (including phenoxy) is 5. The molecule has 3 aromatic carbocycles. The topological polar surface area (TPSA) is 58.5 Å². The van der Waals surface area contributed by atoms with Crippen molar-refractivity contribution in [1.29, 1.82) is 0 Å². The molecule has 0 atom stereocenters. The molecule has 172 valence electrons. The van der Waals surface area contributed by atoms with Crippen LogP contribution in [0.4, 0.5) is 0 Å². The van der Waals surface area contributed by atoms with Gasteiger partial charge in [0.25, 0.3) is 0 Å².